The molecule has 4 nitrogen and oxygen atoms in total. The summed E-state index contributed by atoms with van der Waals surface area (Å²) in [6.07, 6.45) is 1.48. The van der Waals surface area contributed by atoms with Crippen LogP contribution in [0.2, 0.25) is 0 Å². The standard InChI is InChI=1S/C10H7NO3S2/c12-6-1-2-7(13)5(3-6)4-8-9(14)11-10(15)16-8/h1-4,12-13H,(H,11,14,15)/b8-4-. The van der Waals surface area contributed by atoms with E-state index in [-0.39, 0.29) is 17.4 Å². The van der Waals surface area contributed by atoms with E-state index in [9.17, 15) is 15.0 Å². The van der Waals surface area contributed by atoms with Crippen molar-refractivity contribution >= 4 is 40.3 Å². The molecule has 1 fully saturated rings. The maximum absolute atomic E-state index is 11.4. The molecule has 16 heavy (non-hydrogen) atoms. The zero-order valence-electron chi connectivity index (χ0n) is 7.93. The molecule has 0 atom stereocenters. The number of carbonyl (C=O) groups is 1. The van der Waals surface area contributed by atoms with Crippen LogP contribution in [-0.4, -0.2) is 20.4 Å². The normalized spacial score (nSPS) is 17.9. The third kappa shape index (κ3) is 2.17. The highest BCUT2D eigenvalue weighted by atomic mass is 32.2. The molecule has 0 spiro atoms. The predicted octanol–water partition coefficient (Wildman–Crippen LogP) is 1.59. The summed E-state index contributed by atoms with van der Waals surface area (Å²) in [5.74, 6) is -0.273. The van der Waals surface area contributed by atoms with Crippen molar-refractivity contribution in [2.24, 2.45) is 0 Å². The Balaban J connectivity index is 2.39. The number of thioether (sulfide) groups is 1. The lowest BCUT2D eigenvalue weighted by atomic mass is 10.1. The molecule has 2 rings (SSSR count). The predicted molar refractivity (Wildman–Crippen MR) is 66.1 cm³/mol. The topological polar surface area (TPSA) is 69.6 Å². The Morgan fingerprint density at radius 2 is 2.12 bits per heavy atom. The summed E-state index contributed by atoms with van der Waals surface area (Å²) in [5, 5.41) is 21.2. The number of rotatable bonds is 1. The number of phenols is 2. The van der Waals surface area contributed by atoms with Crippen molar-refractivity contribution in [2.45, 2.75) is 0 Å². The first kappa shape index (κ1) is 11.0. The number of aromatic hydroxyl groups is 2. The van der Waals surface area contributed by atoms with Gasteiger partial charge in [-0.3, -0.25) is 4.79 Å². The van der Waals surface area contributed by atoms with Gasteiger partial charge in [0.25, 0.3) is 5.91 Å². The fraction of sp³-hybridized carbons (Fsp3) is 0. The summed E-state index contributed by atoms with van der Waals surface area (Å²) in [6, 6.07) is 4.10. The first-order valence-corrected chi connectivity index (χ1v) is 5.55. The van der Waals surface area contributed by atoms with Gasteiger partial charge in [0.2, 0.25) is 0 Å². The third-order valence-corrected chi connectivity index (χ3v) is 3.10. The summed E-state index contributed by atoms with van der Waals surface area (Å²) in [7, 11) is 0. The minimum atomic E-state index is -0.294. The van der Waals surface area contributed by atoms with Gasteiger partial charge in [0, 0.05) is 5.56 Å². The summed E-state index contributed by atoms with van der Waals surface area (Å²) >= 11 is 5.95. The highest BCUT2D eigenvalue weighted by molar-refractivity contribution is 8.26. The molecular formula is C10H7NO3S2. The fourth-order valence-electron chi connectivity index (χ4n) is 1.22. The zero-order chi connectivity index (χ0) is 11.7. The molecule has 0 saturated carbocycles. The number of carbonyl (C=O) groups excluding carboxylic acids is 1. The van der Waals surface area contributed by atoms with Crippen LogP contribution in [0.1, 0.15) is 5.56 Å². The zero-order valence-corrected chi connectivity index (χ0v) is 9.56. The van der Waals surface area contributed by atoms with Crippen LogP contribution >= 0.6 is 24.0 Å². The number of phenolic OH excluding ortho intramolecular Hbond substituents is 2. The van der Waals surface area contributed by atoms with E-state index in [0.29, 0.717) is 14.8 Å². The molecule has 0 aromatic heterocycles. The molecule has 0 radical (unpaired) electrons. The highest BCUT2D eigenvalue weighted by Gasteiger charge is 2.22. The molecule has 1 aromatic rings. The number of benzene rings is 1. The molecule has 3 N–H and O–H groups in total. The lowest BCUT2D eigenvalue weighted by Crippen LogP contribution is -2.17. The maximum Gasteiger partial charge on any atom is 0.263 e. The molecule has 1 aromatic carbocycles. The van der Waals surface area contributed by atoms with Gasteiger partial charge in [-0.05, 0) is 24.3 Å². The maximum atomic E-state index is 11.4. The van der Waals surface area contributed by atoms with Crippen molar-refractivity contribution in [3.8, 4) is 11.5 Å². The van der Waals surface area contributed by atoms with Crippen molar-refractivity contribution in [3.05, 3.63) is 28.7 Å². The monoisotopic (exact) mass is 253 g/mol. The van der Waals surface area contributed by atoms with Gasteiger partial charge in [0.15, 0.2) is 0 Å². The van der Waals surface area contributed by atoms with Gasteiger partial charge in [-0.2, -0.15) is 0 Å². The highest BCUT2D eigenvalue weighted by Crippen LogP contribution is 2.30. The molecule has 1 heterocycles. The quantitative estimate of drug-likeness (QED) is 0.403. The van der Waals surface area contributed by atoms with Crippen molar-refractivity contribution in [1.82, 2.24) is 5.32 Å². The largest absolute Gasteiger partial charge is 0.508 e. The Labute approximate surface area is 101 Å². The molecule has 0 unspecified atom stereocenters. The number of hydrogen-bond acceptors (Lipinski definition) is 5. The van der Waals surface area contributed by atoms with E-state index in [1.807, 2.05) is 0 Å². The van der Waals surface area contributed by atoms with Crippen LogP contribution in [0.4, 0.5) is 0 Å². The van der Waals surface area contributed by atoms with E-state index >= 15 is 0 Å². The molecule has 6 heteroatoms. The Morgan fingerprint density at radius 1 is 1.38 bits per heavy atom. The van der Waals surface area contributed by atoms with Gasteiger partial charge >= 0.3 is 0 Å². The van der Waals surface area contributed by atoms with Gasteiger partial charge in [-0.25, -0.2) is 0 Å². The summed E-state index contributed by atoms with van der Waals surface area (Å²) in [5.41, 5.74) is 0.377. The summed E-state index contributed by atoms with van der Waals surface area (Å²) < 4.78 is 0.385. The molecule has 0 bridgehead atoms. The second-order valence-electron chi connectivity index (χ2n) is 3.10. The van der Waals surface area contributed by atoms with Crippen LogP contribution < -0.4 is 5.32 Å². The smallest absolute Gasteiger partial charge is 0.263 e. The number of thiocarbonyl (C=S) groups is 1. The van der Waals surface area contributed by atoms with Crippen LogP contribution in [0.3, 0.4) is 0 Å². The molecule has 1 amide bonds. The van der Waals surface area contributed by atoms with Crippen molar-refractivity contribution in [2.75, 3.05) is 0 Å². The van der Waals surface area contributed by atoms with Crippen molar-refractivity contribution in [3.63, 3.8) is 0 Å². The second-order valence-corrected chi connectivity index (χ2v) is 4.81. The Hall–Kier alpha value is -1.53. The summed E-state index contributed by atoms with van der Waals surface area (Å²) in [4.78, 5) is 11.7. The molecule has 1 aliphatic heterocycles. The SMILES string of the molecule is O=C1NC(=S)S/C1=C\c1cc(O)ccc1O. The average Bonchev–Trinajstić information content (AvgIpc) is 2.51. The van der Waals surface area contributed by atoms with E-state index in [0.717, 1.165) is 11.8 Å². The van der Waals surface area contributed by atoms with Crippen LogP contribution in [0, 0.1) is 0 Å². The van der Waals surface area contributed by atoms with E-state index in [2.05, 4.69) is 5.32 Å². The first-order chi connectivity index (χ1) is 7.56. The first-order valence-electron chi connectivity index (χ1n) is 4.33. The van der Waals surface area contributed by atoms with E-state index in [4.69, 9.17) is 12.2 Å². The number of nitrogens with one attached hydrogen (secondary N) is 1. The van der Waals surface area contributed by atoms with Crippen LogP contribution in [0.15, 0.2) is 23.1 Å². The number of amides is 1. The second kappa shape index (κ2) is 4.15. The Morgan fingerprint density at radius 3 is 2.75 bits per heavy atom. The van der Waals surface area contributed by atoms with Crippen LogP contribution in [-0.2, 0) is 4.79 Å². The average molecular weight is 253 g/mol. The molecular weight excluding hydrogens is 246 g/mol. The molecule has 0 aliphatic carbocycles. The minimum absolute atomic E-state index is 0.00322. The molecule has 1 aliphatic rings. The van der Waals surface area contributed by atoms with Gasteiger partial charge in [0.1, 0.15) is 15.8 Å². The van der Waals surface area contributed by atoms with E-state index in [1.165, 1.54) is 24.3 Å². The summed E-state index contributed by atoms with van der Waals surface area (Å²) in [6.45, 7) is 0. The third-order valence-electron chi connectivity index (χ3n) is 1.94. The van der Waals surface area contributed by atoms with Crippen molar-refractivity contribution < 1.29 is 15.0 Å². The van der Waals surface area contributed by atoms with Gasteiger partial charge in [-0.15, -0.1) is 0 Å². The fourth-order valence-corrected chi connectivity index (χ4v) is 2.25. The Kier molecular flexibility index (Phi) is 2.84. The van der Waals surface area contributed by atoms with Gasteiger partial charge in [0.05, 0.1) is 4.91 Å². The lowest BCUT2D eigenvalue weighted by molar-refractivity contribution is -0.115. The van der Waals surface area contributed by atoms with Crippen molar-refractivity contribution in [1.29, 1.82) is 0 Å². The van der Waals surface area contributed by atoms with E-state index < -0.39 is 0 Å². The molecule has 1 saturated heterocycles. The lowest BCUT2D eigenvalue weighted by Gasteiger charge is -2.00. The minimum Gasteiger partial charge on any atom is -0.508 e. The van der Waals surface area contributed by atoms with E-state index in [1.54, 1.807) is 0 Å². The van der Waals surface area contributed by atoms with Crippen LogP contribution in [0.5, 0.6) is 11.5 Å². The van der Waals surface area contributed by atoms with Crippen LogP contribution in [0.25, 0.3) is 6.08 Å². The number of hydrogen-bond donors (Lipinski definition) is 3. The molecule has 82 valence electrons. The Bertz CT molecular complexity index is 511. The van der Waals surface area contributed by atoms with Gasteiger partial charge < -0.3 is 15.5 Å². The van der Waals surface area contributed by atoms with Gasteiger partial charge in [-0.1, -0.05) is 24.0 Å².